The second-order valence-electron chi connectivity index (χ2n) is 6.90. The molecule has 0 radical (unpaired) electrons. The highest BCUT2D eigenvalue weighted by Crippen LogP contribution is 2.31. The van der Waals surface area contributed by atoms with Crippen LogP contribution < -0.4 is 11.1 Å². The summed E-state index contributed by atoms with van der Waals surface area (Å²) >= 11 is 5.21. The zero-order valence-corrected chi connectivity index (χ0v) is 13.8. The van der Waals surface area contributed by atoms with E-state index < -0.39 is 5.54 Å². The number of carbonyl (C=O) groups is 1. The predicted molar refractivity (Wildman–Crippen MR) is 90.6 cm³/mol. The van der Waals surface area contributed by atoms with Crippen LogP contribution in [0.25, 0.3) is 0 Å². The monoisotopic (exact) mass is 304 g/mol. The van der Waals surface area contributed by atoms with Crippen molar-refractivity contribution in [3.05, 3.63) is 35.4 Å². The summed E-state index contributed by atoms with van der Waals surface area (Å²) in [6.45, 7) is 6.33. The van der Waals surface area contributed by atoms with Gasteiger partial charge in [0, 0.05) is 5.56 Å². The Hall–Kier alpha value is -1.42. The Morgan fingerprint density at radius 3 is 2.33 bits per heavy atom. The van der Waals surface area contributed by atoms with Gasteiger partial charge in [-0.3, -0.25) is 4.79 Å². The first-order valence-corrected chi connectivity index (χ1v) is 7.89. The first-order chi connectivity index (χ1) is 9.76. The predicted octanol–water partition coefficient (Wildman–Crippen LogP) is 3.31. The fraction of sp³-hybridized carbons (Fsp3) is 0.529. The highest BCUT2D eigenvalue weighted by Gasteiger charge is 2.38. The molecule has 114 valence electrons. The molecule has 1 amide bonds. The first kappa shape index (κ1) is 16.0. The van der Waals surface area contributed by atoms with Crippen molar-refractivity contribution in [3.8, 4) is 0 Å². The summed E-state index contributed by atoms with van der Waals surface area (Å²) in [5.74, 6) is -0.0739. The van der Waals surface area contributed by atoms with Gasteiger partial charge in [0.15, 0.2) is 0 Å². The molecular formula is C17H24N2OS. The minimum Gasteiger partial charge on any atom is -0.391 e. The van der Waals surface area contributed by atoms with Crippen molar-refractivity contribution >= 4 is 23.1 Å². The fourth-order valence-corrected chi connectivity index (χ4v) is 3.29. The summed E-state index contributed by atoms with van der Waals surface area (Å²) in [6.07, 6.45) is 3.79. The number of thiocarbonyl (C=S) groups is 1. The van der Waals surface area contributed by atoms with Crippen molar-refractivity contribution in [2.24, 2.45) is 5.73 Å². The molecule has 1 saturated carbocycles. The average Bonchev–Trinajstić information content (AvgIpc) is 2.87. The second-order valence-corrected chi connectivity index (χ2v) is 7.34. The summed E-state index contributed by atoms with van der Waals surface area (Å²) < 4.78 is 0. The number of carbonyl (C=O) groups excluding carboxylic acids is 1. The van der Waals surface area contributed by atoms with E-state index in [0.29, 0.717) is 10.6 Å². The van der Waals surface area contributed by atoms with Gasteiger partial charge in [0.25, 0.3) is 5.91 Å². The zero-order chi connectivity index (χ0) is 15.7. The van der Waals surface area contributed by atoms with Gasteiger partial charge in [-0.1, -0.05) is 64.0 Å². The van der Waals surface area contributed by atoms with E-state index in [0.717, 1.165) is 31.2 Å². The van der Waals surface area contributed by atoms with Crippen LogP contribution in [-0.2, 0) is 5.41 Å². The Labute approximate surface area is 132 Å². The van der Waals surface area contributed by atoms with Crippen LogP contribution in [0, 0.1) is 0 Å². The molecule has 0 aliphatic heterocycles. The molecular weight excluding hydrogens is 280 g/mol. The lowest BCUT2D eigenvalue weighted by atomic mass is 9.83. The van der Waals surface area contributed by atoms with Crippen molar-refractivity contribution < 1.29 is 4.79 Å². The first-order valence-electron chi connectivity index (χ1n) is 7.48. The van der Waals surface area contributed by atoms with Crippen molar-refractivity contribution in [1.29, 1.82) is 0 Å². The SMILES string of the molecule is CC(C)(C)c1ccccc1C(=O)NC1(C(N)=S)CCCC1. The van der Waals surface area contributed by atoms with Gasteiger partial charge in [-0.25, -0.2) is 0 Å². The highest BCUT2D eigenvalue weighted by atomic mass is 32.1. The van der Waals surface area contributed by atoms with Crippen LogP contribution in [0.15, 0.2) is 24.3 Å². The number of nitrogens with one attached hydrogen (secondary N) is 1. The van der Waals surface area contributed by atoms with Crippen LogP contribution in [0.3, 0.4) is 0 Å². The molecule has 3 nitrogen and oxygen atoms in total. The molecule has 3 N–H and O–H groups in total. The standard InChI is InChI=1S/C17H24N2OS/c1-16(2,3)13-9-5-4-8-12(13)14(20)19-17(15(18)21)10-6-7-11-17/h4-5,8-9H,6-7,10-11H2,1-3H3,(H2,18,21)(H,19,20). The molecule has 1 aliphatic carbocycles. The third kappa shape index (κ3) is 3.26. The fourth-order valence-electron chi connectivity index (χ4n) is 3.03. The van der Waals surface area contributed by atoms with Crippen LogP contribution in [0.5, 0.6) is 0 Å². The average molecular weight is 304 g/mol. The Balaban J connectivity index is 2.31. The molecule has 21 heavy (non-hydrogen) atoms. The van der Waals surface area contributed by atoms with Crippen molar-refractivity contribution in [2.75, 3.05) is 0 Å². The molecule has 0 unspecified atom stereocenters. The molecule has 0 atom stereocenters. The third-order valence-electron chi connectivity index (χ3n) is 4.26. The number of nitrogens with two attached hydrogens (primary N) is 1. The van der Waals surface area contributed by atoms with Crippen molar-refractivity contribution in [1.82, 2.24) is 5.32 Å². The number of amides is 1. The summed E-state index contributed by atoms with van der Waals surface area (Å²) in [4.78, 5) is 13.2. The van der Waals surface area contributed by atoms with Crippen LogP contribution in [0.1, 0.15) is 62.4 Å². The van der Waals surface area contributed by atoms with Gasteiger partial charge >= 0.3 is 0 Å². The number of hydrogen-bond donors (Lipinski definition) is 2. The molecule has 1 aliphatic rings. The summed E-state index contributed by atoms with van der Waals surface area (Å²) in [7, 11) is 0. The molecule has 1 aromatic rings. The van der Waals surface area contributed by atoms with Gasteiger partial charge in [0.2, 0.25) is 0 Å². The topological polar surface area (TPSA) is 55.1 Å². The van der Waals surface area contributed by atoms with E-state index in [1.807, 2.05) is 24.3 Å². The largest absolute Gasteiger partial charge is 0.391 e. The molecule has 0 heterocycles. The number of rotatable bonds is 3. The van der Waals surface area contributed by atoms with E-state index in [1.54, 1.807) is 0 Å². The molecule has 0 aromatic heterocycles. The van der Waals surface area contributed by atoms with Gasteiger partial charge in [0.1, 0.15) is 0 Å². The third-order valence-corrected chi connectivity index (χ3v) is 4.65. The Kier molecular flexibility index (Phi) is 4.38. The Morgan fingerprint density at radius 2 is 1.81 bits per heavy atom. The Bertz CT molecular complexity index is 554. The van der Waals surface area contributed by atoms with E-state index in [-0.39, 0.29) is 11.3 Å². The van der Waals surface area contributed by atoms with Crippen molar-refractivity contribution in [3.63, 3.8) is 0 Å². The van der Waals surface area contributed by atoms with Gasteiger partial charge in [0.05, 0.1) is 10.5 Å². The van der Waals surface area contributed by atoms with Gasteiger partial charge in [-0.2, -0.15) is 0 Å². The molecule has 1 fully saturated rings. The minimum atomic E-state index is -0.503. The normalized spacial score (nSPS) is 17.5. The van der Waals surface area contributed by atoms with Crippen LogP contribution >= 0.6 is 12.2 Å². The summed E-state index contributed by atoms with van der Waals surface area (Å²) in [5, 5.41) is 3.12. The second kappa shape index (κ2) is 5.76. The van der Waals surface area contributed by atoms with E-state index in [4.69, 9.17) is 18.0 Å². The van der Waals surface area contributed by atoms with Gasteiger partial charge in [-0.15, -0.1) is 0 Å². The summed E-state index contributed by atoms with van der Waals surface area (Å²) in [6, 6.07) is 7.75. The smallest absolute Gasteiger partial charge is 0.252 e. The van der Waals surface area contributed by atoms with Crippen LogP contribution in [0.4, 0.5) is 0 Å². The molecule has 0 saturated heterocycles. The molecule has 4 heteroatoms. The van der Waals surface area contributed by atoms with Gasteiger partial charge < -0.3 is 11.1 Å². The maximum atomic E-state index is 12.8. The van der Waals surface area contributed by atoms with E-state index >= 15 is 0 Å². The van der Waals surface area contributed by atoms with E-state index in [1.165, 1.54) is 0 Å². The molecule has 1 aromatic carbocycles. The molecule has 0 bridgehead atoms. The summed E-state index contributed by atoms with van der Waals surface area (Å²) in [5.41, 5.74) is 7.07. The zero-order valence-electron chi connectivity index (χ0n) is 13.0. The maximum Gasteiger partial charge on any atom is 0.252 e. The minimum absolute atomic E-state index is 0.0739. The number of hydrogen-bond acceptors (Lipinski definition) is 2. The molecule has 2 rings (SSSR count). The quantitative estimate of drug-likeness (QED) is 0.842. The van der Waals surface area contributed by atoms with E-state index in [2.05, 4.69) is 26.1 Å². The lowest BCUT2D eigenvalue weighted by Crippen LogP contribution is -2.55. The lowest BCUT2D eigenvalue weighted by molar-refractivity contribution is 0.0922. The van der Waals surface area contributed by atoms with Crippen molar-refractivity contribution in [2.45, 2.75) is 57.4 Å². The lowest BCUT2D eigenvalue weighted by Gasteiger charge is -2.30. The van der Waals surface area contributed by atoms with Gasteiger partial charge in [-0.05, 0) is 29.9 Å². The number of benzene rings is 1. The molecule has 0 spiro atoms. The Morgan fingerprint density at radius 1 is 1.24 bits per heavy atom. The highest BCUT2D eigenvalue weighted by molar-refractivity contribution is 7.80. The van der Waals surface area contributed by atoms with E-state index in [9.17, 15) is 4.79 Å². The maximum absolute atomic E-state index is 12.8. The van der Waals surface area contributed by atoms with Crippen LogP contribution in [-0.4, -0.2) is 16.4 Å². The van der Waals surface area contributed by atoms with Crippen LogP contribution in [0.2, 0.25) is 0 Å².